The van der Waals surface area contributed by atoms with Gasteiger partial charge in [-0.05, 0) is 38.6 Å². The molecule has 0 aliphatic heterocycles. The molecule has 0 saturated carbocycles. The fraction of sp³-hybridized carbons (Fsp3) is 0.692. The molecule has 1 aromatic heterocycles. The SMILES string of the molecule is Cc1csc(CNC(C)C)c1S(=O)(=O)NC(C)(C)C. The van der Waals surface area contributed by atoms with Gasteiger partial charge in [0.05, 0.1) is 0 Å². The van der Waals surface area contributed by atoms with Crippen LogP contribution in [0.4, 0.5) is 0 Å². The van der Waals surface area contributed by atoms with Gasteiger partial charge in [-0.15, -0.1) is 11.3 Å². The van der Waals surface area contributed by atoms with Gasteiger partial charge in [-0.3, -0.25) is 0 Å². The summed E-state index contributed by atoms with van der Waals surface area (Å²) in [6.07, 6.45) is 0. The standard InChI is InChI=1S/C13H24N2O2S2/c1-9(2)14-7-11-12(10(3)8-18-11)19(16,17)15-13(4,5)6/h8-9,14-15H,7H2,1-6H3. The van der Waals surface area contributed by atoms with E-state index >= 15 is 0 Å². The largest absolute Gasteiger partial charge is 0.310 e. The van der Waals surface area contributed by atoms with E-state index in [0.717, 1.165) is 10.4 Å². The van der Waals surface area contributed by atoms with Crippen molar-refractivity contribution in [3.05, 3.63) is 15.8 Å². The topological polar surface area (TPSA) is 58.2 Å². The van der Waals surface area contributed by atoms with Gasteiger partial charge in [-0.1, -0.05) is 13.8 Å². The number of hydrogen-bond donors (Lipinski definition) is 2. The van der Waals surface area contributed by atoms with Gasteiger partial charge < -0.3 is 5.32 Å². The van der Waals surface area contributed by atoms with E-state index in [2.05, 4.69) is 10.0 Å². The van der Waals surface area contributed by atoms with Crippen molar-refractivity contribution in [2.24, 2.45) is 0 Å². The van der Waals surface area contributed by atoms with Crippen LogP contribution in [0.5, 0.6) is 0 Å². The van der Waals surface area contributed by atoms with Gasteiger partial charge in [0, 0.05) is 23.0 Å². The van der Waals surface area contributed by atoms with E-state index in [1.54, 1.807) is 0 Å². The van der Waals surface area contributed by atoms with Crippen molar-refractivity contribution in [1.29, 1.82) is 0 Å². The van der Waals surface area contributed by atoms with Crippen LogP contribution in [0.1, 0.15) is 45.1 Å². The van der Waals surface area contributed by atoms with E-state index in [-0.39, 0.29) is 0 Å². The third-order valence-corrected chi connectivity index (χ3v) is 5.59. The number of rotatable bonds is 5. The lowest BCUT2D eigenvalue weighted by atomic mass is 10.1. The lowest BCUT2D eigenvalue weighted by Crippen LogP contribution is -2.41. The Hall–Kier alpha value is -0.430. The Bertz CT molecular complexity index is 525. The first-order chi connectivity index (χ1) is 8.53. The molecule has 2 N–H and O–H groups in total. The fourth-order valence-corrected chi connectivity index (χ4v) is 4.90. The normalized spacial score (nSPS) is 13.2. The zero-order chi connectivity index (χ0) is 14.8. The highest BCUT2D eigenvalue weighted by atomic mass is 32.2. The Labute approximate surface area is 120 Å². The quantitative estimate of drug-likeness (QED) is 0.879. The maximum Gasteiger partial charge on any atom is 0.242 e. The van der Waals surface area contributed by atoms with Gasteiger partial charge in [0.25, 0.3) is 0 Å². The van der Waals surface area contributed by atoms with E-state index in [0.29, 0.717) is 17.5 Å². The highest BCUT2D eigenvalue weighted by Crippen LogP contribution is 2.27. The summed E-state index contributed by atoms with van der Waals surface area (Å²) in [5.74, 6) is 0. The van der Waals surface area contributed by atoms with Crippen LogP contribution in [0.3, 0.4) is 0 Å². The van der Waals surface area contributed by atoms with Gasteiger partial charge in [0.2, 0.25) is 10.0 Å². The van der Waals surface area contributed by atoms with Crippen LogP contribution in [0.25, 0.3) is 0 Å². The molecule has 0 aliphatic carbocycles. The monoisotopic (exact) mass is 304 g/mol. The number of aryl methyl sites for hydroxylation is 1. The number of hydrogen-bond acceptors (Lipinski definition) is 4. The maximum atomic E-state index is 12.5. The molecule has 110 valence electrons. The first-order valence-corrected chi connectivity index (χ1v) is 8.73. The molecule has 0 spiro atoms. The van der Waals surface area contributed by atoms with E-state index in [1.807, 2.05) is 46.9 Å². The summed E-state index contributed by atoms with van der Waals surface area (Å²) in [6.45, 7) is 12.0. The summed E-state index contributed by atoms with van der Waals surface area (Å²) < 4.78 is 27.6. The van der Waals surface area contributed by atoms with Crippen molar-refractivity contribution in [2.45, 2.75) is 64.6 Å². The first kappa shape index (κ1) is 16.6. The molecule has 0 aromatic carbocycles. The van der Waals surface area contributed by atoms with Crippen molar-refractivity contribution in [1.82, 2.24) is 10.0 Å². The lowest BCUT2D eigenvalue weighted by molar-refractivity contribution is 0.490. The highest BCUT2D eigenvalue weighted by Gasteiger charge is 2.27. The molecular formula is C13H24N2O2S2. The Balaban J connectivity index is 3.08. The van der Waals surface area contributed by atoms with Crippen LogP contribution in [-0.2, 0) is 16.6 Å². The molecular weight excluding hydrogens is 280 g/mol. The van der Waals surface area contributed by atoms with Crippen LogP contribution < -0.4 is 10.0 Å². The minimum absolute atomic E-state index is 0.327. The smallest absolute Gasteiger partial charge is 0.242 e. The minimum atomic E-state index is -3.46. The second kappa shape index (κ2) is 5.91. The van der Waals surface area contributed by atoms with Crippen molar-refractivity contribution in [2.75, 3.05) is 0 Å². The lowest BCUT2D eigenvalue weighted by Gasteiger charge is -2.21. The summed E-state index contributed by atoms with van der Waals surface area (Å²) in [6, 6.07) is 0.327. The van der Waals surface area contributed by atoms with Gasteiger partial charge in [-0.2, -0.15) is 0 Å². The van der Waals surface area contributed by atoms with Gasteiger partial charge in [0.15, 0.2) is 0 Å². The van der Waals surface area contributed by atoms with E-state index in [9.17, 15) is 8.42 Å². The molecule has 1 rings (SSSR count). The molecule has 0 aliphatic rings. The average molecular weight is 304 g/mol. The molecule has 4 nitrogen and oxygen atoms in total. The molecule has 19 heavy (non-hydrogen) atoms. The average Bonchev–Trinajstić information content (AvgIpc) is 2.53. The zero-order valence-electron chi connectivity index (χ0n) is 12.5. The Kier molecular flexibility index (Phi) is 5.17. The number of sulfonamides is 1. The summed E-state index contributed by atoms with van der Waals surface area (Å²) in [4.78, 5) is 1.29. The number of thiophene rings is 1. The van der Waals surface area contributed by atoms with Gasteiger partial charge in [-0.25, -0.2) is 13.1 Å². The molecule has 0 radical (unpaired) electrons. The summed E-state index contributed by atoms with van der Waals surface area (Å²) >= 11 is 1.49. The maximum absolute atomic E-state index is 12.5. The van der Waals surface area contributed by atoms with E-state index in [1.165, 1.54) is 11.3 Å². The van der Waals surface area contributed by atoms with Crippen molar-refractivity contribution in [3.63, 3.8) is 0 Å². The fourth-order valence-electron chi connectivity index (χ4n) is 1.72. The summed E-state index contributed by atoms with van der Waals surface area (Å²) in [7, 11) is -3.46. The van der Waals surface area contributed by atoms with Crippen LogP contribution >= 0.6 is 11.3 Å². The zero-order valence-corrected chi connectivity index (χ0v) is 14.1. The van der Waals surface area contributed by atoms with Crippen LogP contribution in [0.15, 0.2) is 10.3 Å². The van der Waals surface area contributed by atoms with E-state index in [4.69, 9.17) is 0 Å². The van der Waals surface area contributed by atoms with Crippen molar-refractivity contribution < 1.29 is 8.42 Å². The molecule has 1 heterocycles. The predicted octanol–water partition coefficient (Wildman–Crippen LogP) is 2.63. The van der Waals surface area contributed by atoms with Crippen LogP contribution in [0.2, 0.25) is 0 Å². The third-order valence-electron chi connectivity index (χ3n) is 2.37. The molecule has 0 amide bonds. The molecule has 0 unspecified atom stereocenters. The molecule has 0 atom stereocenters. The third kappa shape index (κ3) is 4.87. The van der Waals surface area contributed by atoms with E-state index < -0.39 is 15.6 Å². The second-order valence-corrected chi connectivity index (χ2v) is 8.65. The molecule has 0 saturated heterocycles. The van der Waals surface area contributed by atoms with Gasteiger partial charge >= 0.3 is 0 Å². The Morgan fingerprint density at radius 1 is 1.32 bits per heavy atom. The summed E-state index contributed by atoms with van der Waals surface area (Å²) in [5, 5.41) is 5.17. The molecule has 1 aromatic rings. The number of nitrogens with one attached hydrogen (secondary N) is 2. The second-order valence-electron chi connectivity index (χ2n) is 6.06. The van der Waals surface area contributed by atoms with Crippen molar-refractivity contribution >= 4 is 21.4 Å². The highest BCUT2D eigenvalue weighted by molar-refractivity contribution is 7.89. The molecule has 6 heteroatoms. The van der Waals surface area contributed by atoms with Crippen molar-refractivity contribution in [3.8, 4) is 0 Å². The summed E-state index contributed by atoms with van der Waals surface area (Å²) in [5.41, 5.74) is 0.331. The minimum Gasteiger partial charge on any atom is -0.310 e. The predicted molar refractivity (Wildman–Crippen MR) is 81.1 cm³/mol. The Morgan fingerprint density at radius 2 is 1.89 bits per heavy atom. The molecule has 0 bridgehead atoms. The first-order valence-electron chi connectivity index (χ1n) is 6.37. The van der Waals surface area contributed by atoms with Crippen LogP contribution in [-0.4, -0.2) is 20.0 Å². The van der Waals surface area contributed by atoms with Gasteiger partial charge in [0.1, 0.15) is 4.90 Å². The van der Waals surface area contributed by atoms with Crippen LogP contribution in [0, 0.1) is 6.92 Å². The molecule has 0 fully saturated rings. The Morgan fingerprint density at radius 3 is 2.37 bits per heavy atom.